The van der Waals surface area contributed by atoms with Crippen LogP contribution < -0.4 is 0 Å². The Morgan fingerprint density at radius 1 is 1.27 bits per heavy atom. The number of halogens is 1. The Hall–Kier alpha value is -2.11. The molecule has 1 aromatic carbocycles. The molecule has 2 heterocycles. The lowest BCUT2D eigenvalue weighted by molar-refractivity contribution is 0.586. The summed E-state index contributed by atoms with van der Waals surface area (Å²) in [4.78, 5) is 4.38. The van der Waals surface area contributed by atoms with Gasteiger partial charge in [-0.1, -0.05) is 24.6 Å². The second-order valence-corrected chi connectivity index (χ2v) is 8.81. The average molecular weight is 387 g/mol. The number of aromatic nitrogens is 2. The summed E-state index contributed by atoms with van der Waals surface area (Å²) in [5.74, 6) is 0.399. The van der Waals surface area contributed by atoms with Crippen LogP contribution in [-0.4, -0.2) is 17.4 Å². The van der Waals surface area contributed by atoms with Gasteiger partial charge < -0.3 is 0 Å². The van der Waals surface area contributed by atoms with E-state index in [4.69, 9.17) is 11.6 Å². The molecule has 134 valence electrons. The van der Waals surface area contributed by atoms with Crippen LogP contribution in [0.4, 0.5) is 0 Å². The molecule has 0 spiro atoms. The molecule has 1 unspecified atom stereocenters. The van der Waals surface area contributed by atoms with E-state index in [0.29, 0.717) is 10.9 Å². The van der Waals surface area contributed by atoms with Gasteiger partial charge in [-0.15, -0.1) is 0 Å². The standard InChI is InChI=1S/C20H19ClN2O2S/c1-2-14-8-9-18-19(14)13-23(20(18)15-5-4-10-22-12-15)26(24,25)17-7-3-6-16(21)11-17/h3-7,10-14H,2,8-9H2,1H3. The molecule has 0 bridgehead atoms. The molecule has 0 saturated carbocycles. The van der Waals surface area contributed by atoms with E-state index in [1.165, 1.54) is 10.0 Å². The van der Waals surface area contributed by atoms with Crippen LogP contribution >= 0.6 is 11.6 Å². The van der Waals surface area contributed by atoms with Gasteiger partial charge in [0.05, 0.1) is 10.6 Å². The number of fused-ring (bicyclic) bond motifs is 1. The molecule has 1 atom stereocenters. The normalized spacial score (nSPS) is 16.6. The van der Waals surface area contributed by atoms with Gasteiger partial charge in [-0.3, -0.25) is 4.98 Å². The minimum atomic E-state index is -3.75. The zero-order valence-electron chi connectivity index (χ0n) is 14.4. The smallest absolute Gasteiger partial charge is 0.264 e. The molecule has 0 radical (unpaired) electrons. The molecule has 1 aliphatic carbocycles. The van der Waals surface area contributed by atoms with Crippen molar-refractivity contribution in [2.24, 2.45) is 0 Å². The third-order valence-corrected chi connectivity index (χ3v) is 6.96. The fourth-order valence-electron chi connectivity index (χ4n) is 3.79. The summed E-state index contributed by atoms with van der Waals surface area (Å²) in [6, 6.07) is 10.1. The van der Waals surface area contributed by atoms with Crippen LogP contribution in [0.3, 0.4) is 0 Å². The quantitative estimate of drug-likeness (QED) is 0.642. The first-order chi connectivity index (χ1) is 12.5. The minimum absolute atomic E-state index is 0.192. The number of hydrogen-bond donors (Lipinski definition) is 0. The Bertz CT molecular complexity index is 1060. The molecule has 0 fully saturated rings. The number of hydrogen-bond acceptors (Lipinski definition) is 3. The predicted octanol–water partition coefficient (Wildman–Crippen LogP) is 4.88. The zero-order valence-corrected chi connectivity index (χ0v) is 16.0. The first-order valence-corrected chi connectivity index (χ1v) is 10.5. The third-order valence-electron chi connectivity index (χ3n) is 5.07. The number of benzene rings is 1. The summed E-state index contributed by atoms with van der Waals surface area (Å²) in [6.45, 7) is 2.15. The molecular weight excluding hydrogens is 368 g/mol. The van der Waals surface area contributed by atoms with Crippen LogP contribution in [0.25, 0.3) is 11.3 Å². The minimum Gasteiger partial charge on any atom is -0.264 e. The van der Waals surface area contributed by atoms with E-state index >= 15 is 0 Å². The highest BCUT2D eigenvalue weighted by molar-refractivity contribution is 7.90. The first kappa shape index (κ1) is 17.3. The lowest BCUT2D eigenvalue weighted by atomic mass is 10.0. The van der Waals surface area contributed by atoms with E-state index in [1.54, 1.807) is 36.8 Å². The Balaban J connectivity index is 1.97. The maximum Gasteiger partial charge on any atom is 0.268 e. The Kier molecular flexibility index (Phi) is 4.37. The Morgan fingerprint density at radius 3 is 2.81 bits per heavy atom. The number of rotatable bonds is 4. The summed E-state index contributed by atoms with van der Waals surface area (Å²) >= 11 is 6.03. The monoisotopic (exact) mass is 386 g/mol. The van der Waals surface area contributed by atoms with Crippen molar-refractivity contribution in [2.75, 3.05) is 0 Å². The summed E-state index contributed by atoms with van der Waals surface area (Å²) in [5, 5.41) is 0.403. The molecule has 0 aliphatic heterocycles. The third kappa shape index (κ3) is 2.75. The van der Waals surface area contributed by atoms with Gasteiger partial charge >= 0.3 is 0 Å². The molecule has 0 N–H and O–H groups in total. The SMILES string of the molecule is CCC1CCc2c1cn(S(=O)(=O)c1cccc(Cl)c1)c2-c1cccnc1. The average Bonchev–Trinajstić information content (AvgIpc) is 3.21. The molecule has 6 heteroatoms. The van der Waals surface area contributed by atoms with Gasteiger partial charge in [0.25, 0.3) is 10.0 Å². The van der Waals surface area contributed by atoms with Gasteiger partial charge in [-0.05, 0) is 66.6 Å². The van der Waals surface area contributed by atoms with E-state index in [1.807, 2.05) is 12.1 Å². The Morgan fingerprint density at radius 2 is 2.12 bits per heavy atom. The summed E-state index contributed by atoms with van der Waals surface area (Å²) in [7, 11) is -3.75. The summed E-state index contributed by atoms with van der Waals surface area (Å²) in [6.07, 6.45) is 8.16. The molecule has 1 aliphatic rings. The fourth-order valence-corrected chi connectivity index (χ4v) is 5.50. The predicted molar refractivity (Wildman–Crippen MR) is 103 cm³/mol. The largest absolute Gasteiger partial charge is 0.268 e. The van der Waals surface area contributed by atoms with Crippen LogP contribution in [0, 0.1) is 0 Å². The highest BCUT2D eigenvalue weighted by atomic mass is 35.5. The van der Waals surface area contributed by atoms with Gasteiger partial charge in [0, 0.05) is 29.2 Å². The summed E-state index contributed by atoms with van der Waals surface area (Å²) in [5.41, 5.74) is 3.80. The Labute approximate surface area is 158 Å². The molecule has 4 nitrogen and oxygen atoms in total. The fraction of sp³-hybridized carbons (Fsp3) is 0.250. The van der Waals surface area contributed by atoms with Crippen molar-refractivity contribution >= 4 is 21.6 Å². The second kappa shape index (κ2) is 6.56. The summed E-state index contributed by atoms with van der Waals surface area (Å²) < 4.78 is 28.1. The van der Waals surface area contributed by atoms with E-state index in [0.717, 1.165) is 41.6 Å². The van der Waals surface area contributed by atoms with Crippen molar-refractivity contribution in [3.8, 4) is 11.3 Å². The van der Waals surface area contributed by atoms with Gasteiger partial charge in [-0.2, -0.15) is 0 Å². The molecular formula is C20H19ClN2O2S. The van der Waals surface area contributed by atoms with E-state index in [2.05, 4.69) is 11.9 Å². The van der Waals surface area contributed by atoms with E-state index in [9.17, 15) is 8.42 Å². The van der Waals surface area contributed by atoms with Crippen LogP contribution in [0.15, 0.2) is 59.9 Å². The van der Waals surface area contributed by atoms with Crippen LogP contribution in [0.5, 0.6) is 0 Å². The van der Waals surface area contributed by atoms with E-state index in [-0.39, 0.29) is 4.90 Å². The highest BCUT2D eigenvalue weighted by Crippen LogP contribution is 2.43. The van der Waals surface area contributed by atoms with Crippen molar-refractivity contribution < 1.29 is 8.42 Å². The van der Waals surface area contributed by atoms with Crippen LogP contribution in [0.1, 0.15) is 36.8 Å². The highest BCUT2D eigenvalue weighted by Gasteiger charge is 2.32. The van der Waals surface area contributed by atoms with E-state index < -0.39 is 10.0 Å². The number of nitrogens with zero attached hydrogens (tertiary/aromatic N) is 2. The molecule has 26 heavy (non-hydrogen) atoms. The van der Waals surface area contributed by atoms with Gasteiger partial charge in [0.2, 0.25) is 0 Å². The second-order valence-electron chi connectivity index (χ2n) is 6.56. The van der Waals surface area contributed by atoms with Gasteiger partial charge in [0.1, 0.15) is 0 Å². The topological polar surface area (TPSA) is 52.0 Å². The maximum atomic E-state index is 13.4. The molecule has 0 amide bonds. The van der Waals surface area contributed by atoms with Crippen LogP contribution in [0.2, 0.25) is 5.02 Å². The van der Waals surface area contributed by atoms with Crippen molar-refractivity contribution in [1.29, 1.82) is 0 Å². The molecule has 4 rings (SSSR count). The van der Waals surface area contributed by atoms with Crippen molar-refractivity contribution in [1.82, 2.24) is 8.96 Å². The lowest BCUT2D eigenvalue weighted by Gasteiger charge is -2.13. The molecule has 3 aromatic rings. The molecule has 2 aromatic heterocycles. The van der Waals surface area contributed by atoms with Crippen LogP contribution in [-0.2, 0) is 16.4 Å². The van der Waals surface area contributed by atoms with Gasteiger partial charge in [-0.25, -0.2) is 12.4 Å². The maximum absolute atomic E-state index is 13.4. The van der Waals surface area contributed by atoms with Crippen molar-refractivity contribution in [3.05, 3.63) is 71.1 Å². The first-order valence-electron chi connectivity index (χ1n) is 8.68. The van der Waals surface area contributed by atoms with Crippen molar-refractivity contribution in [2.45, 2.75) is 37.0 Å². The number of pyridine rings is 1. The van der Waals surface area contributed by atoms with Crippen molar-refractivity contribution in [3.63, 3.8) is 0 Å². The molecule has 0 saturated heterocycles. The zero-order chi connectivity index (χ0) is 18.3. The lowest BCUT2D eigenvalue weighted by Crippen LogP contribution is -2.14. The van der Waals surface area contributed by atoms with Gasteiger partial charge in [0.15, 0.2) is 0 Å².